The number of ether oxygens (including phenoxy) is 1. The second-order valence-corrected chi connectivity index (χ2v) is 3.80. The van der Waals surface area contributed by atoms with Crippen molar-refractivity contribution in [1.82, 2.24) is 10.3 Å². The quantitative estimate of drug-likeness (QED) is 0.740. The lowest BCUT2D eigenvalue weighted by molar-refractivity contribution is 0.305. The van der Waals surface area contributed by atoms with E-state index in [1.54, 1.807) is 18.3 Å². The highest BCUT2D eigenvalue weighted by Crippen LogP contribution is 2.08. The first-order valence-corrected chi connectivity index (χ1v) is 5.44. The van der Waals surface area contributed by atoms with Gasteiger partial charge in [0.2, 0.25) is 0 Å². The summed E-state index contributed by atoms with van der Waals surface area (Å²) < 4.78 is 5.48. The third-order valence-corrected chi connectivity index (χ3v) is 1.99. The number of hydrogen-bond acceptors (Lipinski definition) is 4. The van der Waals surface area contributed by atoms with Crippen LogP contribution in [-0.4, -0.2) is 24.2 Å². The largest absolute Gasteiger partial charge is 0.492 e. The Hall–Kier alpha value is -1.60. The molecule has 1 rings (SSSR count). The molecule has 0 radical (unpaired) electrons. The van der Waals surface area contributed by atoms with Crippen LogP contribution in [0.1, 0.15) is 26.0 Å². The molecule has 4 heteroatoms. The van der Waals surface area contributed by atoms with Gasteiger partial charge in [-0.15, -0.1) is 0 Å². The molecule has 86 valence electrons. The Balaban J connectivity index is 2.20. The third kappa shape index (κ3) is 4.76. The monoisotopic (exact) mass is 219 g/mol. The zero-order valence-corrected chi connectivity index (χ0v) is 9.73. The minimum absolute atomic E-state index is 0.411. The first-order valence-electron chi connectivity index (χ1n) is 5.44. The second-order valence-electron chi connectivity index (χ2n) is 3.80. The van der Waals surface area contributed by atoms with Gasteiger partial charge in [-0.2, -0.15) is 5.26 Å². The molecule has 0 unspecified atom stereocenters. The first-order chi connectivity index (χ1) is 7.72. The normalized spacial score (nSPS) is 10.1. The maximum atomic E-state index is 8.56. The fourth-order valence-electron chi connectivity index (χ4n) is 1.18. The lowest BCUT2D eigenvalue weighted by atomic mass is 10.3. The molecular weight excluding hydrogens is 202 g/mol. The third-order valence-electron chi connectivity index (χ3n) is 1.99. The molecule has 0 amide bonds. The fraction of sp³-hybridized carbons (Fsp3) is 0.500. The molecule has 1 aromatic rings. The van der Waals surface area contributed by atoms with Crippen molar-refractivity contribution >= 4 is 0 Å². The zero-order valence-electron chi connectivity index (χ0n) is 9.73. The molecule has 4 nitrogen and oxygen atoms in total. The summed E-state index contributed by atoms with van der Waals surface area (Å²) in [6.45, 7) is 5.84. The number of hydrogen-bond donors (Lipinski definition) is 1. The minimum Gasteiger partial charge on any atom is -0.492 e. The van der Waals surface area contributed by atoms with Crippen LogP contribution in [0.3, 0.4) is 0 Å². The van der Waals surface area contributed by atoms with E-state index in [0.717, 1.165) is 13.0 Å². The van der Waals surface area contributed by atoms with E-state index in [9.17, 15) is 0 Å². The summed E-state index contributed by atoms with van der Waals surface area (Å²) in [7, 11) is 0. The summed E-state index contributed by atoms with van der Waals surface area (Å²) >= 11 is 0. The van der Waals surface area contributed by atoms with Crippen LogP contribution < -0.4 is 10.1 Å². The summed E-state index contributed by atoms with van der Waals surface area (Å²) in [5.74, 6) is 0.712. The van der Waals surface area contributed by atoms with Crippen LogP contribution in [0, 0.1) is 11.3 Å². The molecule has 0 fully saturated rings. The molecule has 0 aromatic carbocycles. The smallest absolute Gasteiger partial charge is 0.140 e. The Labute approximate surface area is 96.3 Å². The number of aromatic nitrogens is 1. The number of rotatable bonds is 6. The van der Waals surface area contributed by atoms with Crippen molar-refractivity contribution < 1.29 is 4.74 Å². The molecule has 0 aliphatic carbocycles. The van der Waals surface area contributed by atoms with Crippen molar-refractivity contribution in [1.29, 1.82) is 5.26 Å². The Kier molecular flexibility index (Phi) is 5.30. The van der Waals surface area contributed by atoms with Crippen molar-refractivity contribution in [2.75, 3.05) is 13.2 Å². The van der Waals surface area contributed by atoms with E-state index in [2.05, 4.69) is 24.1 Å². The zero-order chi connectivity index (χ0) is 11.8. The van der Waals surface area contributed by atoms with E-state index in [1.807, 2.05) is 6.07 Å². The van der Waals surface area contributed by atoms with Crippen LogP contribution in [0.4, 0.5) is 0 Å². The average molecular weight is 219 g/mol. The molecule has 0 aliphatic heterocycles. The van der Waals surface area contributed by atoms with E-state index >= 15 is 0 Å². The molecule has 0 bridgehead atoms. The lowest BCUT2D eigenvalue weighted by Crippen LogP contribution is -2.24. The highest BCUT2D eigenvalue weighted by Gasteiger charge is 1.96. The summed E-state index contributed by atoms with van der Waals surface area (Å²) in [4.78, 5) is 3.92. The van der Waals surface area contributed by atoms with Gasteiger partial charge in [0, 0.05) is 6.04 Å². The number of nitrogens with one attached hydrogen (secondary N) is 1. The van der Waals surface area contributed by atoms with Crippen molar-refractivity contribution in [3.8, 4) is 11.8 Å². The predicted molar refractivity (Wildman–Crippen MR) is 62.2 cm³/mol. The maximum absolute atomic E-state index is 8.56. The van der Waals surface area contributed by atoms with Crippen LogP contribution >= 0.6 is 0 Å². The molecule has 1 aromatic heterocycles. The van der Waals surface area contributed by atoms with E-state index < -0.39 is 0 Å². The van der Waals surface area contributed by atoms with Crippen molar-refractivity contribution in [3.63, 3.8) is 0 Å². The minimum atomic E-state index is 0.411. The number of pyridine rings is 1. The molecule has 0 atom stereocenters. The van der Waals surface area contributed by atoms with Crippen molar-refractivity contribution in [2.24, 2.45) is 0 Å². The van der Waals surface area contributed by atoms with Crippen molar-refractivity contribution in [3.05, 3.63) is 24.0 Å². The highest BCUT2D eigenvalue weighted by molar-refractivity contribution is 5.26. The van der Waals surface area contributed by atoms with Crippen LogP contribution in [-0.2, 0) is 0 Å². The molecule has 0 aliphatic rings. The Morgan fingerprint density at radius 2 is 2.31 bits per heavy atom. The van der Waals surface area contributed by atoms with E-state index in [4.69, 9.17) is 10.00 Å². The van der Waals surface area contributed by atoms with E-state index in [0.29, 0.717) is 24.1 Å². The summed E-state index contributed by atoms with van der Waals surface area (Å²) in [6, 6.07) is 5.90. The van der Waals surface area contributed by atoms with Gasteiger partial charge in [-0.3, -0.25) is 0 Å². The van der Waals surface area contributed by atoms with Gasteiger partial charge in [-0.1, -0.05) is 13.8 Å². The van der Waals surface area contributed by atoms with Crippen LogP contribution in [0.2, 0.25) is 0 Å². The van der Waals surface area contributed by atoms with Gasteiger partial charge >= 0.3 is 0 Å². The van der Waals surface area contributed by atoms with Gasteiger partial charge in [-0.25, -0.2) is 4.98 Å². The summed E-state index contributed by atoms with van der Waals surface area (Å²) in [5, 5.41) is 11.9. The highest BCUT2D eigenvalue weighted by atomic mass is 16.5. The molecule has 1 heterocycles. The molecule has 0 saturated carbocycles. The topological polar surface area (TPSA) is 57.9 Å². The SMILES string of the molecule is CC(C)NCCCOc1ccc(C#N)nc1. The van der Waals surface area contributed by atoms with Gasteiger partial charge in [0.25, 0.3) is 0 Å². The Morgan fingerprint density at radius 3 is 2.88 bits per heavy atom. The Bertz CT molecular complexity index is 340. The predicted octanol–water partition coefficient (Wildman–Crippen LogP) is 1.72. The van der Waals surface area contributed by atoms with Gasteiger partial charge in [0.1, 0.15) is 17.5 Å². The van der Waals surface area contributed by atoms with Gasteiger partial charge in [0.15, 0.2) is 0 Å². The lowest BCUT2D eigenvalue weighted by Gasteiger charge is -2.08. The standard InChI is InChI=1S/C12H17N3O/c1-10(2)14-6-3-7-16-12-5-4-11(8-13)15-9-12/h4-5,9-10,14H,3,6-7H2,1-2H3. The maximum Gasteiger partial charge on any atom is 0.140 e. The number of nitrogens with zero attached hydrogens (tertiary/aromatic N) is 2. The number of nitriles is 1. The molecule has 0 spiro atoms. The summed E-state index contributed by atoms with van der Waals surface area (Å²) in [6.07, 6.45) is 2.53. The van der Waals surface area contributed by atoms with Gasteiger partial charge in [-0.05, 0) is 25.1 Å². The Morgan fingerprint density at radius 1 is 1.50 bits per heavy atom. The van der Waals surface area contributed by atoms with Crippen LogP contribution in [0.5, 0.6) is 5.75 Å². The summed E-state index contributed by atoms with van der Waals surface area (Å²) in [5.41, 5.74) is 0.411. The second kappa shape index (κ2) is 6.81. The van der Waals surface area contributed by atoms with E-state index in [-0.39, 0.29) is 0 Å². The molecular formula is C12H17N3O. The molecule has 16 heavy (non-hydrogen) atoms. The fourth-order valence-corrected chi connectivity index (χ4v) is 1.18. The van der Waals surface area contributed by atoms with E-state index in [1.165, 1.54) is 0 Å². The molecule has 0 saturated heterocycles. The average Bonchev–Trinajstić information content (AvgIpc) is 2.29. The van der Waals surface area contributed by atoms with Crippen LogP contribution in [0.25, 0.3) is 0 Å². The van der Waals surface area contributed by atoms with Crippen molar-refractivity contribution in [2.45, 2.75) is 26.3 Å². The molecule has 1 N–H and O–H groups in total. The first kappa shape index (κ1) is 12.5. The van der Waals surface area contributed by atoms with Gasteiger partial charge < -0.3 is 10.1 Å². The van der Waals surface area contributed by atoms with Crippen LogP contribution in [0.15, 0.2) is 18.3 Å². The van der Waals surface area contributed by atoms with Gasteiger partial charge in [0.05, 0.1) is 12.8 Å².